The number of sulfonamides is 1. The van der Waals surface area contributed by atoms with Crippen molar-refractivity contribution in [2.45, 2.75) is 43.5 Å². The second-order valence-electron chi connectivity index (χ2n) is 6.43. The van der Waals surface area contributed by atoms with E-state index in [9.17, 15) is 18.0 Å². The average molecular weight is 408 g/mol. The van der Waals surface area contributed by atoms with Gasteiger partial charge < -0.3 is 0 Å². The van der Waals surface area contributed by atoms with Crippen molar-refractivity contribution in [3.8, 4) is 0 Å². The van der Waals surface area contributed by atoms with Gasteiger partial charge in [-0.15, -0.1) is 11.3 Å². The molecular weight excluding hydrogens is 386 g/mol. The summed E-state index contributed by atoms with van der Waals surface area (Å²) in [5.74, 6) is -0.371. The van der Waals surface area contributed by atoms with Crippen LogP contribution in [-0.4, -0.2) is 26.2 Å². The van der Waals surface area contributed by atoms with E-state index in [1.165, 1.54) is 23.5 Å². The number of hydrogen-bond donors (Lipinski definition) is 3. The second kappa shape index (κ2) is 8.20. The third kappa shape index (κ3) is 5.62. The molecule has 0 spiro atoms. The van der Waals surface area contributed by atoms with Gasteiger partial charge in [0.05, 0.1) is 15.5 Å². The predicted octanol–water partition coefficient (Wildman–Crippen LogP) is 2.60. The molecule has 0 atom stereocenters. The maximum atomic E-state index is 12.1. The number of amides is 1. The van der Waals surface area contributed by atoms with Gasteiger partial charge in [-0.05, 0) is 56.2 Å². The molecule has 0 saturated heterocycles. The lowest BCUT2D eigenvalue weighted by molar-refractivity contribution is -0.120. The molecule has 1 saturated carbocycles. The highest BCUT2D eigenvalue weighted by Crippen LogP contribution is 2.22. The number of hydrogen-bond acceptors (Lipinski definition) is 6. The van der Waals surface area contributed by atoms with E-state index in [2.05, 4.69) is 15.6 Å². The lowest BCUT2D eigenvalue weighted by atomic mass is 10.2. The Morgan fingerprint density at radius 3 is 2.37 bits per heavy atom. The summed E-state index contributed by atoms with van der Waals surface area (Å²) in [6.07, 6.45) is 1.96. The van der Waals surface area contributed by atoms with E-state index in [0.717, 1.165) is 17.7 Å². The molecule has 9 heteroatoms. The first-order valence-electron chi connectivity index (χ1n) is 8.60. The zero-order chi connectivity index (χ0) is 19.4. The summed E-state index contributed by atoms with van der Waals surface area (Å²) in [6, 6.07) is 9.79. The van der Waals surface area contributed by atoms with E-state index < -0.39 is 10.0 Å². The number of hydrazine groups is 1. The number of anilines is 1. The molecule has 0 aliphatic heterocycles. The van der Waals surface area contributed by atoms with E-state index in [4.69, 9.17) is 0 Å². The van der Waals surface area contributed by atoms with Crippen LogP contribution >= 0.6 is 11.3 Å². The van der Waals surface area contributed by atoms with Crippen LogP contribution in [0, 0.1) is 6.92 Å². The molecule has 27 heavy (non-hydrogen) atoms. The van der Waals surface area contributed by atoms with Crippen LogP contribution in [0.1, 0.15) is 40.2 Å². The molecular formula is C18H21N3O4S2. The van der Waals surface area contributed by atoms with Crippen molar-refractivity contribution in [2.75, 3.05) is 5.43 Å². The summed E-state index contributed by atoms with van der Waals surface area (Å²) in [4.78, 5) is 25.8. The van der Waals surface area contributed by atoms with Crippen LogP contribution in [0.3, 0.4) is 0 Å². The van der Waals surface area contributed by atoms with Gasteiger partial charge in [0, 0.05) is 23.8 Å². The standard InChI is InChI=1S/C18H21N3O4S2/c1-12-2-10-17(26-12)16(22)9-11-18(23)20-19-13-5-7-15(8-6-13)27(24,25)21-14-3-4-14/h2,5-8,10,14,19,21H,3-4,9,11H2,1H3,(H,20,23). The molecule has 1 heterocycles. The summed E-state index contributed by atoms with van der Waals surface area (Å²) in [5, 5.41) is 0. The molecule has 1 fully saturated rings. The van der Waals surface area contributed by atoms with Crippen LogP contribution in [-0.2, 0) is 14.8 Å². The Kier molecular flexibility index (Phi) is 5.93. The highest BCUT2D eigenvalue weighted by Gasteiger charge is 2.27. The van der Waals surface area contributed by atoms with Crippen LogP contribution < -0.4 is 15.6 Å². The summed E-state index contributed by atoms with van der Waals surface area (Å²) in [6.45, 7) is 1.93. The topological polar surface area (TPSA) is 104 Å². The van der Waals surface area contributed by atoms with Gasteiger partial charge in [0.25, 0.3) is 0 Å². The molecule has 1 aromatic heterocycles. The number of rotatable bonds is 9. The predicted molar refractivity (Wildman–Crippen MR) is 104 cm³/mol. The molecule has 0 bridgehead atoms. The molecule has 3 rings (SSSR count). The number of nitrogens with one attached hydrogen (secondary N) is 3. The first kappa shape index (κ1) is 19.5. The number of carbonyl (C=O) groups is 2. The van der Waals surface area contributed by atoms with Crippen molar-refractivity contribution < 1.29 is 18.0 Å². The first-order chi connectivity index (χ1) is 12.8. The van der Waals surface area contributed by atoms with Gasteiger partial charge in [-0.2, -0.15) is 0 Å². The molecule has 1 aromatic carbocycles. The highest BCUT2D eigenvalue weighted by atomic mass is 32.2. The van der Waals surface area contributed by atoms with Crippen LogP contribution in [0.2, 0.25) is 0 Å². The van der Waals surface area contributed by atoms with Crippen molar-refractivity contribution in [3.63, 3.8) is 0 Å². The molecule has 2 aromatic rings. The van der Waals surface area contributed by atoms with E-state index >= 15 is 0 Å². The Labute approximate surface area is 162 Å². The third-order valence-electron chi connectivity index (χ3n) is 4.00. The molecule has 3 N–H and O–H groups in total. The fourth-order valence-electron chi connectivity index (χ4n) is 2.35. The molecule has 0 radical (unpaired) electrons. The molecule has 7 nitrogen and oxygen atoms in total. The highest BCUT2D eigenvalue weighted by molar-refractivity contribution is 7.89. The largest absolute Gasteiger partial charge is 0.299 e. The van der Waals surface area contributed by atoms with Gasteiger partial charge in [0.2, 0.25) is 15.9 Å². The van der Waals surface area contributed by atoms with Gasteiger partial charge in [-0.1, -0.05) is 0 Å². The Hall–Kier alpha value is -2.23. The SMILES string of the molecule is Cc1ccc(C(=O)CCC(=O)NNc2ccc(S(=O)(=O)NC3CC3)cc2)s1. The maximum Gasteiger partial charge on any atom is 0.240 e. The normalized spacial score (nSPS) is 14.0. The minimum absolute atomic E-state index is 0.0490. The summed E-state index contributed by atoms with van der Waals surface area (Å²) in [5.41, 5.74) is 5.78. The summed E-state index contributed by atoms with van der Waals surface area (Å²) >= 11 is 1.42. The third-order valence-corrected chi connectivity index (χ3v) is 6.58. The van der Waals surface area contributed by atoms with Gasteiger partial charge in [0.1, 0.15) is 0 Å². The Morgan fingerprint density at radius 2 is 1.78 bits per heavy atom. The number of carbonyl (C=O) groups excluding carboxylic acids is 2. The second-order valence-corrected chi connectivity index (χ2v) is 9.43. The first-order valence-corrected chi connectivity index (χ1v) is 10.9. The van der Waals surface area contributed by atoms with E-state index in [-0.39, 0.29) is 35.5 Å². The number of Topliss-reactive ketones (excluding diaryl/α,β-unsaturated/α-hetero) is 1. The lowest BCUT2D eigenvalue weighted by Crippen LogP contribution is -2.29. The van der Waals surface area contributed by atoms with Crippen molar-refractivity contribution in [1.29, 1.82) is 0 Å². The van der Waals surface area contributed by atoms with Crippen molar-refractivity contribution in [2.24, 2.45) is 0 Å². The minimum atomic E-state index is -3.49. The van der Waals surface area contributed by atoms with Crippen LogP contribution in [0.25, 0.3) is 0 Å². The quantitative estimate of drug-likeness (QED) is 0.438. The van der Waals surface area contributed by atoms with Gasteiger partial charge in [0.15, 0.2) is 5.78 Å². The van der Waals surface area contributed by atoms with E-state index in [0.29, 0.717) is 10.6 Å². The van der Waals surface area contributed by atoms with Crippen LogP contribution in [0.15, 0.2) is 41.3 Å². The fraction of sp³-hybridized carbons (Fsp3) is 0.333. The van der Waals surface area contributed by atoms with Gasteiger partial charge in [-0.25, -0.2) is 13.1 Å². The number of benzene rings is 1. The van der Waals surface area contributed by atoms with Crippen molar-refractivity contribution >= 4 is 38.7 Å². The van der Waals surface area contributed by atoms with Crippen LogP contribution in [0.4, 0.5) is 5.69 Å². The van der Waals surface area contributed by atoms with E-state index in [1.54, 1.807) is 18.2 Å². The summed E-state index contributed by atoms with van der Waals surface area (Å²) in [7, 11) is -3.49. The number of thiophene rings is 1. The fourth-order valence-corrected chi connectivity index (χ4v) is 4.49. The molecule has 0 unspecified atom stereocenters. The number of aryl methyl sites for hydroxylation is 1. The Balaban J connectivity index is 1.45. The molecule has 1 aliphatic carbocycles. The van der Waals surface area contributed by atoms with Crippen molar-refractivity contribution in [1.82, 2.24) is 10.1 Å². The molecule has 144 valence electrons. The zero-order valence-corrected chi connectivity index (χ0v) is 16.5. The van der Waals surface area contributed by atoms with Gasteiger partial charge >= 0.3 is 0 Å². The molecule has 1 amide bonds. The van der Waals surface area contributed by atoms with Crippen molar-refractivity contribution in [3.05, 3.63) is 46.2 Å². The Bertz CT molecular complexity index is 932. The summed E-state index contributed by atoms with van der Waals surface area (Å²) < 4.78 is 26.8. The zero-order valence-electron chi connectivity index (χ0n) is 14.8. The van der Waals surface area contributed by atoms with Crippen LogP contribution in [0.5, 0.6) is 0 Å². The monoisotopic (exact) mass is 407 g/mol. The Morgan fingerprint density at radius 1 is 1.07 bits per heavy atom. The maximum absolute atomic E-state index is 12.1. The lowest BCUT2D eigenvalue weighted by Gasteiger charge is -2.10. The van der Waals surface area contributed by atoms with Gasteiger partial charge in [-0.3, -0.25) is 20.4 Å². The van der Waals surface area contributed by atoms with E-state index in [1.807, 2.05) is 13.0 Å². The molecule has 1 aliphatic rings. The smallest absolute Gasteiger partial charge is 0.240 e. The average Bonchev–Trinajstić information content (AvgIpc) is 3.34. The minimum Gasteiger partial charge on any atom is -0.299 e. The number of ketones is 1.